The molecule has 0 bridgehead atoms. The third-order valence-corrected chi connectivity index (χ3v) is 3.41. The summed E-state index contributed by atoms with van der Waals surface area (Å²) in [7, 11) is 0. The molecule has 1 aromatic heterocycles. The molecule has 1 aliphatic rings. The number of halogens is 1. The molecule has 0 radical (unpaired) electrons. The molecule has 4 nitrogen and oxygen atoms in total. The van der Waals surface area contributed by atoms with Crippen molar-refractivity contribution in [1.29, 1.82) is 0 Å². The highest BCUT2D eigenvalue weighted by Gasteiger charge is 2.27. The van der Waals surface area contributed by atoms with Gasteiger partial charge in [-0.3, -0.25) is 0 Å². The van der Waals surface area contributed by atoms with Gasteiger partial charge >= 0.3 is 0 Å². The quantitative estimate of drug-likeness (QED) is 0.868. The Morgan fingerprint density at radius 2 is 2.11 bits per heavy atom. The third kappa shape index (κ3) is 2.61. The van der Waals surface area contributed by atoms with Crippen molar-refractivity contribution < 1.29 is 4.39 Å². The number of anilines is 1. The number of nitrogens with one attached hydrogen (secondary N) is 1. The Morgan fingerprint density at radius 3 is 2.74 bits per heavy atom. The van der Waals surface area contributed by atoms with Crippen molar-refractivity contribution in [2.45, 2.75) is 24.9 Å². The second-order valence-electron chi connectivity index (χ2n) is 4.90. The Balaban J connectivity index is 1.80. The SMILES string of the molecule is NCC(Nc1ccc(F)cc1)c1cncn1C1CC1. The molecule has 3 rings (SSSR count). The fraction of sp³-hybridized carbons (Fsp3) is 0.357. The third-order valence-electron chi connectivity index (χ3n) is 3.41. The van der Waals surface area contributed by atoms with Crippen LogP contribution in [-0.4, -0.2) is 16.1 Å². The van der Waals surface area contributed by atoms with E-state index in [1.165, 1.54) is 25.0 Å². The van der Waals surface area contributed by atoms with E-state index in [2.05, 4.69) is 14.9 Å². The molecule has 1 heterocycles. The molecular formula is C14H17FN4. The molecule has 100 valence electrons. The molecule has 0 amide bonds. The summed E-state index contributed by atoms with van der Waals surface area (Å²) in [5.41, 5.74) is 7.81. The van der Waals surface area contributed by atoms with E-state index >= 15 is 0 Å². The van der Waals surface area contributed by atoms with E-state index in [-0.39, 0.29) is 11.9 Å². The number of aromatic nitrogens is 2. The van der Waals surface area contributed by atoms with E-state index in [0.717, 1.165) is 11.4 Å². The Bertz CT molecular complexity index is 545. The predicted octanol–water partition coefficient (Wildman–Crippen LogP) is 2.47. The standard InChI is InChI=1S/C14H17FN4/c15-10-1-3-11(4-2-10)18-13(7-16)14-8-17-9-19(14)12-5-6-12/h1-4,8-9,12-13,18H,5-7,16H2. The molecule has 1 aliphatic carbocycles. The zero-order chi connectivity index (χ0) is 13.2. The summed E-state index contributed by atoms with van der Waals surface area (Å²) in [6.07, 6.45) is 6.13. The van der Waals surface area contributed by atoms with Crippen LogP contribution in [0.15, 0.2) is 36.8 Å². The summed E-state index contributed by atoms with van der Waals surface area (Å²) in [5, 5.41) is 3.33. The van der Waals surface area contributed by atoms with Crippen LogP contribution in [0.2, 0.25) is 0 Å². The van der Waals surface area contributed by atoms with Crippen molar-refractivity contribution in [2.75, 3.05) is 11.9 Å². The van der Waals surface area contributed by atoms with Crippen molar-refractivity contribution in [3.63, 3.8) is 0 Å². The van der Waals surface area contributed by atoms with Crippen LogP contribution in [0.3, 0.4) is 0 Å². The number of rotatable bonds is 5. The lowest BCUT2D eigenvalue weighted by molar-refractivity contribution is 0.626. The van der Waals surface area contributed by atoms with E-state index in [4.69, 9.17) is 5.73 Å². The second-order valence-corrected chi connectivity index (χ2v) is 4.90. The molecule has 19 heavy (non-hydrogen) atoms. The zero-order valence-corrected chi connectivity index (χ0v) is 10.6. The topological polar surface area (TPSA) is 55.9 Å². The van der Waals surface area contributed by atoms with Crippen LogP contribution in [0.1, 0.15) is 30.6 Å². The van der Waals surface area contributed by atoms with E-state index in [1.54, 1.807) is 12.1 Å². The highest BCUT2D eigenvalue weighted by atomic mass is 19.1. The Kier molecular flexibility index (Phi) is 3.21. The normalized spacial score (nSPS) is 16.3. The first-order chi connectivity index (χ1) is 9.28. The molecule has 0 spiro atoms. The van der Waals surface area contributed by atoms with Crippen LogP contribution in [0.4, 0.5) is 10.1 Å². The fourth-order valence-corrected chi connectivity index (χ4v) is 2.24. The van der Waals surface area contributed by atoms with Crippen LogP contribution in [-0.2, 0) is 0 Å². The summed E-state index contributed by atoms with van der Waals surface area (Å²) in [6.45, 7) is 0.468. The maximum Gasteiger partial charge on any atom is 0.123 e. The van der Waals surface area contributed by atoms with Crippen LogP contribution in [0.5, 0.6) is 0 Å². The van der Waals surface area contributed by atoms with Crippen LogP contribution in [0.25, 0.3) is 0 Å². The first-order valence-electron chi connectivity index (χ1n) is 6.52. The fourth-order valence-electron chi connectivity index (χ4n) is 2.24. The highest BCUT2D eigenvalue weighted by molar-refractivity contribution is 5.45. The molecule has 1 saturated carbocycles. The van der Waals surface area contributed by atoms with Gasteiger partial charge in [0.2, 0.25) is 0 Å². The molecular weight excluding hydrogens is 243 g/mol. The van der Waals surface area contributed by atoms with Crippen LogP contribution >= 0.6 is 0 Å². The lowest BCUT2D eigenvalue weighted by atomic mass is 10.2. The summed E-state index contributed by atoms with van der Waals surface area (Å²) in [5.74, 6) is -0.238. The summed E-state index contributed by atoms with van der Waals surface area (Å²) in [4.78, 5) is 4.22. The molecule has 1 unspecified atom stereocenters. The van der Waals surface area contributed by atoms with Gasteiger partial charge in [0, 0.05) is 18.3 Å². The summed E-state index contributed by atoms with van der Waals surface area (Å²) < 4.78 is 15.1. The first kappa shape index (κ1) is 12.2. The van der Waals surface area contributed by atoms with Gasteiger partial charge in [-0.15, -0.1) is 0 Å². The number of nitrogens with zero attached hydrogens (tertiary/aromatic N) is 2. The average molecular weight is 260 g/mol. The lowest BCUT2D eigenvalue weighted by Crippen LogP contribution is -2.23. The van der Waals surface area contributed by atoms with Crippen molar-refractivity contribution in [3.05, 3.63) is 48.3 Å². The monoisotopic (exact) mass is 260 g/mol. The van der Waals surface area contributed by atoms with Gasteiger partial charge in [0.05, 0.1) is 24.3 Å². The lowest BCUT2D eigenvalue weighted by Gasteiger charge is -2.19. The molecule has 1 fully saturated rings. The van der Waals surface area contributed by atoms with Crippen molar-refractivity contribution in [3.8, 4) is 0 Å². The van der Waals surface area contributed by atoms with Gasteiger partial charge in [-0.2, -0.15) is 0 Å². The van der Waals surface area contributed by atoms with Crippen LogP contribution < -0.4 is 11.1 Å². The number of hydrogen-bond acceptors (Lipinski definition) is 3. The van der Waals surface area contributed by atoms with E-state index in [1.807, 2.05) is 12.5 Å². The van der Waals surface area contributed by atoms with Crippen LogP contribution in [0, 0.1) is 5.82 Å². The largest absolute Gasteiger partial charge is 0.375 e. The van der Waals surface area contributed by atoms with Gasteiger partial charge in [0.1, 0.15) is 5.82 Å². The molecule has 2 aromatic rings. The van der Waals surface area contributed by atoms with Gasteiger partial charge in [-0.25, -0.2) is 9.37 Å². The maximum atomic E-state index is 12.9. The van der Waals surface area contributed by atoms with Gasteiger partial charge in [0.25, 0.3) is 0 Å². The number of hydrogen-bond donors (Lipinski definition) is 2. The van der Waals surface area contributed by atoms with Crippen molar-refractivity contribution in [2.24, 2.45) is 5.73 Å². The Hall–Kier alpha value is -1.88. The minimum absolute atomic E-state index is 0.00596. The van der Waals surface area contributed by atoms with Gasteiger partial charge < -0.3 is 15.6 Å². The molecule has 1 atom stereocenters. The molecule has 1 aromatic carbocycles. The van der Waals surface area contributed by atoms with Crippen molar-refractivity contribution >= 4 is 5.69 Å². The summed E-state index contributed by atoms with van der Waals surface area (Å²) >= 11 is 0. The Labute approximate surface area is 111 Å². The number of nitrogens with two attached hydrogens (primary N) is 1. The molecule has 0 saturated heterocycles. The van der Waals surface area contributed by atoms with Gasteiger partial charge in [-0.05, 0) is 37.1 Å². The minimum Gasteiger partial charge on any atom is -0.375 e. The van der Waals surface area contributed by atoms with Crippen molar-refractivity contribution in [1.82, 2.24) is 9.55 Å². The van der Waals surface area contributed by atoms with Gasteiger partial charge in [0.15, 0.2) is 0 Å². The smallest absolute Gasteiger partial charge is 0.123 e. The first-order valence-corrected chi connectivity index (χ1v) is 6.52. The number of benzene rings is 1. The summed E-state index contributed by atoms with van der Waals surface area (Å²) in [6, 6.07) is 6.88. The molecule has 0 aliphatic heterocycles. The Morgan fingerprint density at radius 1 is 1.37 bits per heavy atom. The van der Waals surface area contributed by atoms with Gasteiger partial charge in [-0.1, -0.05) is 0 Å². The second kappa shape index (κ2) is 5.01. The number of imidazole rings is 1. The highest BCUT2D eigenvalue weighted by Crippen LogP contribution is 2.37. The maximum absolute atomic E-state index is 12.9. The molecule has 3 N–H and O–H groups in total. The predicted molar refractivity (Wildman–Crippen MR) is 72.3 cm³/mol. The van der Waals surface area contributed by atoms with E-state index in [9.17, 15) is 4.39 Å². The minimum atomic E-state index is -0.238. The van der Waals surface area contributed by atoms with E-state index in [0.29, 0.717) is 12.6 Å². The molecule has 5 heteroatoms. The van der Waals surface area contributed by atoms with E-state index < -0.39 is 0 Å². The average Bonchev–Trinajstić information content (AvgIpc) is 3.16. The zero-order valence-electron chi connectivity index (χ0n) is 10.6.